The highest BCUT2D eigenvalue weighted by atomic mass is 16.5. The van der Waals surface area contributed by atoms with E-state index in [4.69, 9.17) is 10.5 Å². The molecule has 0 unspecified atom stereocenters. The molecule has 4 saturated carbocycles. The fourth-order valence-electron chi connectivity index (χ4n) is 8.45. The number of rotatable bonds is 4. The molecule has 0 heterocycles. The molecular weight excluding hydrogens is 338 g/mol. The Morgan fingerprint density at radius 3 is 2.56 bits per heavy atom. The molecule has 4 fully saturated rings. The number of methoxy groups -OCH3 is 1. The van der Waals surface area contributed by atoms with Crippen molar-refractivity contribution in [1.29, 1.82) is 0 Å². The zero-order valence-electron chi connectivity index (χ0n) is 17.5. The molecule has 0 radical (unpaired) electrons. The van der Waals surface area contributed by atoms with Crippen LogP contribution in [0.4, 0.5) is 0 Å². The van der Waals surface area contributed by atoms with Gasteiger partial charge >= 0.3 is 0 Å². The Balaban J connectivity index is 1.63. The Morgan fingerprint density at radius 2 is 1.85 bits per heavy atom. The van der Waals surface area contributed by atoms with Crippen molar-refractivity contribution < 1.29 is 14.6 Å². The highest BCUT2D eigenvalue weighted by molar-refractivity contribution is 5.84. The van der Waals surface area contributed by atoms with E-state index >= 15 is 0 Å². The van der Waals surface area contributed by atoms with Gasteiger partial charge in [0.2, 0.25) is 0 Å². The Kier molecular flexibility index (Phi) is 5.01. The standard InChI is InChI=1S/C23H39NO3/c1-21(26)10-11-23(14-27-3)15(12-21)4-5-16-17-6-7-19(20(25)13-24)22(17,2)9-8-18(16)23/h15-19,26H,4-14,24H2,1-3H3/t15-,16-,17-,18-,19+,21+,22-,23+/m0/s1. The van der Waals surface area contributed by atoms with E-state index in [9.17, 15) is 9.90 Å². The summed E-state index contributed by atoms with van der Waals surface area (Å²) in [6.45, 7) is 5.45. The minimum Gasteiger partial charge on any atom is -0.390 e. The molecule has 27 heavy (non-hydrogen) atoms. The van der Waals surface area contributed by atoms with E-state index in [0.717, 1.165) is 38.7 Å². The van der Waals surface area contributed by atoms with Crippen molar-refractivity contribution in [2.75, 3.05) is 20.3 Å². The van der Waals surface area contributed by atoms with Crippen molar-refractivity contribution in [3.63, 3.8) is 0 Å². The van der Waals surface area contributed by atoms with Gasteiger partial charge in [0.1, 0.15) is 5.78 Å². The summed E-state index contributed by atoms with van der Waals surface area (Å²) in [5.74, 6) is 3.11. The smallest absolute Gasteiger partial charge is 0.150 e. The molecule has 0 bridgehead atoms. The minimum atomic E-state index is -0.510. The predicted octanol–water partition coefficient (Wildman–Crippen LogP) is 3.55. The molecule has 4 heteroatoms. The van der Waals surface area contributed by atoms with E-state index < -0.39 is 5.60 Å². The first-order valence-electron chi connectivity index (χ1n) is 11.2. The van der Waals surface area contributed by atoms with Crippen LogP contribution in [0.5, 0.6) is 0 Å². The van der Waals surface area contributed by atoms with Gasteiger partial charge in [-0.3, -0.25) is 4.79 Å². The summed E-state index contributed by atoms with van der Waals surface area (Å²) in [7, 11) is 1.85. The van der Waals surface area contributed by atoms with Crippen molar-refractivity contribution in [1.82, 2.24) is 0 Å². The lowest BCUT2D eigenvalue weighted by Gasteiger charge is -2.62. The quantitative estimate of drug-likeness (QED) is 0.786. The van der Waals surface area contributed by atoms with Crippen LogP contribution < -0.4 is 5.73 Å². The maximum Gasteiger partial charge on any atom is 0.150 e. The predicted molar refractivity (Wildman–Crippen MR) is 106 cm³/mol. The summed E-state index contributed by atoms with van der Waals surface area (Å²) in [5, 5.41) is 10.7. The number of aliphatic hydroxyl groups is 1. The molecule has 0 saturated heterocycles. The van der Waals surface area contributed by atoms with Crippen LogP contribution in [0.3, 0.4) is 0 Å². The van der Waals surface area contributed by atoms with Crippen LogP contribution in [0.2, 0.25) is 0 Å². The average molecular weight is 378 g/mol. The number of ketones is 1. The first-order chi connectivity index (χ1) is 12.8. The zero-order valence-corrected chi connectivity index (χ0v) is 17.5. The van der Waals surface area contributed by atoms with Crippen LogP contribution in [0.15, 0.2) is 0 Å². The van der Waals surface area contributed by atoms with E-state index in [1.54, 1.807) is 0 Å². The lowest BCUT2D eigenvalue weighted by molar-refractivity contribution is -0.175. The van der Waals surface area contributed by atoms with Gasteiger partial charge < -0.3 is 15.6 Å². The second kappa shape index (κ2) is 6.81. The van der Waals surface area contributed by atoms with E-state index in [1.807, 2.05) is 14.0 Å². The number of carbonyl (C=O) groups is 1. The van der Waals surface area contributed by atoms with E-state index in [-0.39, 0.29) is 29.1 Å². The van der Waals surface area contributed by atoms with Crippen LogP contribution >= 0.6 is 0 Å². The van der Waals surface area contributed by atoms with Crippen LogP contribution in [0.25, 0.3) is 0 Å². The van der Waals surface area contributed by atoms with Gasteiger partial charge in [-0.25, -0.2) is 0 Å². The summed E-state index contributed by atoms with van der Waals surface area (Å²) in [5.41, 5.74) is 5.62. The Labute approximate surface area is 164 Å². The lowest BCUT2D eigenvalue weighted by Crippen LogP contribution is -2.58. The molecule has 8 atom stereocenters. The first-order valence-corrected chi connectivity index (χ1v) is 11.2. The van der Waals surface area contributed by atoms with Gasteiger partial charge in [-0.15, -0.1) is 0 Å². The molecule has 4 rings (SSSR count). The van der Waals surface area contributed by atoms with Crippen LogP contribution in [0, 0.1) is 40.4 Å². The summed E-state index contributed by atoms with van der Waals surface area (Å²) >= 11 is 0. The third-order valence-corrected chi connectivity index (χ3v) is 9.66. The number of nitrogens with two attached hydrogens (primary N) is 1. The largest absolute Gasteiger partial charge is 0.390 e. The second-order valence-electron chi connectivity index (χ2n) is 10.9. The summed E-state index contributed by atoms with van der Waals surface area (Å²) < 4.78 is 5.82. The third-order valence-electron chi connectivity index (χ3n) is 9.66. The lowest BCUT2D eigenvalue weighted by atomic mass is 9.43. The van der Waals surface area contributed by atoms with Crippen molar-refractivity contribution in [2.24, 2.45) is 46.2 Å². The molecule has 0 aromatic rings. The number of hydrogen-bond donors (Lipinski definition) is 2. The third kappa shape index (κ3) is 2.93. The second-order valence-corrected chi connectivity index (χ2v) is 10.9. The molecule has 154 valence electrons. The van der Waals surface area contributed by atoms with E-state index in [2.05, 4.69) is 6.92 Å². The first kappa shape index (κ1) is 19.8. The van der Waals surface area contributed by atoms with Gasteiger partial charge in [0.15, 0.2) is 0 Å². The molecule has 0 aromatic heterocycles. The van der Waals surface area contributed by atoms with E-state index in [0.29, 0.717) is 23.7 Å². The molecule has 4 aliphatic carbocycles. The van der Waals surface area contributed by atoms with Crippen LogP contribution in [-0.2, 0) is 9.53 Å². The van der Waals surface area contributed by atoms with Gasteiger partial charge in [-0.05, 0) is 99.2 Å². The fraction of sp³-hybridized carbons (Fsp3) is 0.957. The van der Waals surface area contributed by atoms with Gasteiger partial charge in [-0.1, -0.05) is 6.92 Å². The summed E-state index contributed by atoms with van der Waals surface area (Å²) in [6, 6.07) is 0. The van der Waals surface area contributed by atoms with Gasteiger partial charge in [-0.2, -0.15) is 0 Å². The van der Waals surface area contributed by atoms with Gasteiger partial charge in [0.25, 0.3) is 0 Å². The molecule has 0 aliphatic heterocycles. The average Bonchev–Trinajstić information content (AvgIpc) is 2.98. The monoisotopic (exact) mass is 377 g/mol. The molecule has 0 aromatic carbocycles. The number of fused-ring (bicyclic) bond motifs is 5. The fourth-order valence-corrected chi connectivity index (χ4v) is 8.45. The number of hydrogen-bond acceptors (Lipinski definition) is 4. The number of ether oxygens (including phenoxy) is 1. The molecule has 0 spiro atoms. The Morgan fingerprint density at radius 1 is 1.07 bits per heavy atom. The van der Waals surface area contributed by atoms with Gasteiger partial charge in [0.05, 0.1) is 18.8 Å². The van der Waals surface area contributed by atoms with Gasteiger partial charge in [0, 0.05) is 13.0 Å². The highest BCUT2D eigenvalue weighted by Gasteiger charge is 2.62. The Hall–Kier alpha value is -0.450. The van der Waals surface area contributed by atoms with Crippen LogP contribution in [0.1, 0.15) is 71.6 Å². The Bertz CT molecular complexity index is 590. The van der Waals surface area contributed by atoms with Crippen molar-refractivity contribution in [3.05, 3.63) is 0 Å². The van der Waals surface area contributed by atoms with Crippen LogP contribution in [-0.4, -0.2) is 36.8 Å². The molecular formula is C23H39NO3. The summed E-state index contributed by atoms with van der Waals surface area (Å²) in [6.07, 6.45) is 9.99. The molecule has 0 amide bonds. The SMILES string of the molecule is COC[C@]12CC[C@@](C)(O)C[C@@H]1CC[C@H]1[C@@H]3CC[C@H](C(=O)CN)[C@@]3(C)CC[C@@H]12. The van der Waals surface area contributed by atoms with Crippen molar-refractivity contribution in [2.45, 2.75) is 77.2 Å². The highest BCUT2D eigenvalue weighted by Crippen LogP contribution is 2.68. The normalized spacial score (nSPS) is 52.0. The topological polar surface area (TPSA) is 72.5 Å². The number of Topliss-reactive ketones (excluding diaryl/α,β-unsaturated/α-hetero) is 1. The van der Waals surface area contributed by atoms with Crippen molar-refractivity contribution in [3.8, 4) is 0 Å². The molecule has 4 aliphatic rings. The van der Waals surface area contributed by atoms with Crippen molar-refractivity contribution >= 4 is 5.78 Å². The van der Waals surface area contributed by atoms with E-state index in [1.165, 1.54) is 25.7 Å². The zero-order chi connectivity index (χ0) is 19.4. The molecule has 3 N–H and O–H groups in total. The summed E-state index contributed by atoms with van der Waals surface area (Å²) in [4.78, 5) is 12.5. The molecule has 4 nitrogen and oxygen atoms in total. The maximum absolute atomic E-state index is 12.5. The number of carbonyl (C=O) groups excluding carboxylic acids is 1. The maximum atomic E-state index is 12.5. The minimum absolute atomic E-state index is 0.152.